The van der Waals surface area contributed by atoms with Crippen LogP contribution in [0.15, 0.2) is 30.6 Å². The van der Waals surface area contributed by atoms with Crippen molar-refractivity contribution in [2.24, 2.45) is 0 Å². The molecular formula is C8H9N3O2S. The lowest BCUT2D eigenvalue weighted by Gasteiger charge is -2.03. The molecule has 0 atom stereocenters. The lowest BCUT2D eigenvalue weighted by atomic mass is 10.4. The first kappa shape index (κ1) is 9.01. The van der Waals surface area contributed by atoms with Gasteiger partial charge in [-0.2, -0.15) is 5.10 Å². The summed E-state index contributed by atoms with van der Waals surface area (Å²) in [5, 5.41) is 4.00. The molecule has 0 aliphatic carbocycles. The van der Waals surface area contributed by atoms with Crippen molar-refractivity contribution in [3.63, 3.8) is 0 Å². The molecule has 0 saturated heterocycles. The minimum atomic E-state index is -3.21. The Morgan fingerprint density at radius 2 is 2.21 bits per heavy atom. The normalized spacial score (nSPS) is 11.8. The Morgan fingerprint density at radius 3 is 2.93 bits per heavy atom. The van der Waals surface area contributed by atoms with Crippen LogP contribution in [0.4, 0.5) is 5.69 Å². The third kappa shape index (κ3) is 1.85. The maximum absolute atomic E-state index is 10.9. The van der Waals surface area contributed by atoms with Crippen molar-refractivity contribution in [2.75, 3.05) is 11.0 Å². The summed E-state index contributed by atoms with van der Waals surface area (Å²) in [6.45, 7) is 0. The lowest BCUT2D eigenvalue weighted by Crippen LogP contribution is -2.09. The quantitative estimate of drug-likeness (QED) is 0.795. The number of aromatic nitrogens is 2. The van der Waals surface area contributed by atoms with E-state index in [2.05, 4.69) is 9.82 Å². The zero-order chi connectivity index (χ0) is 10.2. The smallest absolute Gasteiger partial charge is 0.229 e. The highest BCUT2D eigenvalue weighted by molar-refractivity contribution is 7.92. The Balaban J connectivity index is 2.44. The Bertz CT molecular complexity index is 559. The average molecular weight is 211 g/mol. The Morgan fingerprint density at radius 1 is 1.43 bits per heavy atom. The molecule has 0 amide bonds. The Labute approximate surface area is 81.4 Å². The molecule has 0 aromatic carbocycles. The van der Waals surface area contributed by atoms with E-state index in [-0.39, 0.29) is 0 Å². The van der Waals surface area contributed by atoms with Crippen LogP contribution in [-0.4, -0.2) is 24.3 Å². The van der Waals surface area contributed by atoms with Gasteiger partial charge >= 0.3 is 0 Å². The van der Waals surface area contributed by atoms with Gasteiger partial charge in [0.25, 0.3) is 0 Å². The minimum Gasteiger partial charge on any atom is -0.284 e. The lowest BCUT2D eigenvalue weighted by molar-refractivity contribution is 0.607. The minimum absolute atomic E-state index is 0.542. The van der Waals surface area contributed by atoms with Crippen LogP contribution < -0.4 is 4.72 Å². The van der Waals surface area contributed by atoms with E-state index in [1.165, 1.54) is 0 Å². The number of fused-ring (bicyclic) bond motifs is 1. The largest absolute Gasteiger partial charge is 0.284 e. The van der Waals surface area contributed by atoms with Crippen molar-refractivity contribution < 1.29 is 8.42 Å². The molecule has 1 N–H and O–H groups in total. The zero-order valence-corrected chi connectivity index (χ0v) is 8.32. The number of hydrogen-bond donors (Lipinski definition) is 1. The predicted octanol–water partition coefficient (Wildman–Crippen LogP) is 0.706. The first-order valence-corrected chi connectivity index (χ1v) is 5.85. The van der Waals surface area contributed by atoms with Crippen molar-refractivity contribution in [3.8, 4) is 0 Å². The van der Waals surface area contributed by atoms with Crippen LogP contribution >= 0.6 is 0 Å². The summed E-state index contributed by atoms with van der Waals surface area (Å²) in [5.74, 6) is 0. The van der Waals surface area contributed by atoms with E-state index in [4.69, 9.17) is 0 Å². The summed E-state index contributed by atoms with van der Waals surface area (Å²) in [4.78, 5) is 0. The van der Waals surface area contributed by atoms with Crippen LogP contribution in [0.25, 0.3) is 5.52 Å². The van der Waals surface area contributed by atoms with Gasteiger partial charge in [-0.05, 0) is 18.2 Å². The predicted molar refractivity (Wildman–Crippen MR) is 53.7 cm³/mol. The zero-order valence-electron chi connectivity index (χ0n) is 7.51. The van der Waals surface area contributed by atoms with Gasteiger partial charge in [-0.15, -0.1) is 0 Å². The molecule has 0 saturated carbocycles. The molecule has 5 nitrogen and oxygen atoms in total. The molecule has 0 unspecified atom stereocenters. The van der Waals surface area contributed by atoms with Gasteiger partial charge in [0.15, 0.2) is 0 Å². The Hall–Kier alpha value is -1.56. The molecule has 2 heterocycles. The topological polar surface area (TPSA) is 63.5 Å². The average Bonchev–Trinajstić information content (AvgIpc) is 2.47. The number of sulfonamides is 1. The van der Waals surface area contributed by atoms with Gasteiger partial charge in [0.2, 0.25) is 10.0 Å². The molecule has 74 valence electrons. The number of rotatable bonds is 2. The molecule has 0 spiro atoms. The van der Waals surface area contributed by atoms with E-state index in [1.54, 1.807) is 35.1 Å². The Kier molecular flexibility index (Phi) is 1.92. The number of nitrogens with zero attached hydrogens (tertiary/aromatic N) is 2. The summed E-state index contributed by atoms with van der Waals surface area (Å²) >= 11 is 0. The fourth-order valence-electron chi connectivity index (χ4n) is 1.20. The van der Waals surface area contributed by atoms with Gasteiger partial charge in [0.05, 0.1) is 17.5 Å². The van der Waals surface area contributed by atoms with Crippen molar-refractivity contribution in [1.82, 2.24) is 9.61 Å². The molecule has 14 heavy (non-hydrogen) atoms. The molecular weight excluding hydrogens is 202 g/mol. The fraction of sp³-hybridized carbons (Fsp3) is 0.125. The molecule has 0 fully saturated rings. The first-order valence-electron chi connectivity index (χ1n) is 3.96. The van der Waals surface area contributed by atoms with Crippen LogP contribution in [0, 0.1) is 0 Å². The summed E-state index contributed by atoms with van der Waals surface area (Å²) < 4.78 is 25.9. The van der Waals surface area contributed by atoms with E-state index >= 15 is 0 Å². The summed E-state index contributed by atoms with van der Waals surface area (Å²) in [5.41, 5.74) is 1.39. The first-order chi connectivity index (χ1) is 6.54. The summed E-state index contributed by atoms with van der Waals surface area (Å²) in [6, 6.07) is 5.17. The second-order valence-electron chi connectivity index (χ2n) is 2.99. The van der Waals surface area contributed by atoms with E-state index in [9.17, 15) is 8.42 Å². The van der Waals surface area contributed by atoms with Crippen LogP contribution in [-0.2, 0) is 10.0 Å². The van der Waals surface area contributed by atoms with Crippen molar-refractivity contribution in [1.29, 1.82) is 0 Å². The third-order valence-corrected chi connectivity index (χ3v) is 2.31. The van der Waals surface area contributed by atoms with Gasteiger partial charge < -0.3 is 0 Å². The summed E-state index contributed by atoms with van der Waals surface area (Å²) in [6.07, 6.45) is 4.47. The highest BCUT2D eigenvalue weighted by atomic mass is 32.2. The molecule has 2 aromatic heterocycles. The highest BCUT2D eigenvalue weighted by Crippen LogP contribution is 2.12. The van der Waals surface area contributed by atoms with Crippen LogP contribution in [0.3, 0.4) is 0 Å². The molecule has 0 radical (unpaired) electrons. The standard InChI is InChI=1S/C8H9N3O2S/c1-14(12,13)10-7-3-5-11-8(6-7)2-4-9-11/h2-6,10H,1H3. The van der Waals surface area contributed by atoms with E-state index < -0.39 is 10.0 Å². The second kappa shape index (κ2) is 2.98. The van der Waals surface area contributed by atoms with Gasteiger partial charge in [0.1, 0.15) is 0 Å². The van der Waals surface area contributed by atoms with Crippen molar-refractivity contribution >= 4 is 21.2 Å². The number of anilines is 1. The van der Waals surface area contributed by atoms with Gasteiger partial charge in [-0.3, -0.25) is 4.72 Å². The molecule has 2 aromatic rings. The highest BCUT2D eigenvalue weighted by Gasteiger charge is 2.02. The maximum Gasteiger partial charge on any atom is 0.229 e. The van der Waals surface area contributed by atoms with Gasteiger partial charge in [-0.1, -0.05) is 0 Å². The van der Waals surface area contributed by atoms with Crippen LogP contribution in [0.2, 0.25) is 0 Å². The van der Waals surface area contributed by atoms with E-state index in [1.807, 2.05) is 0 Å². The number of hydrogen-bond acceptors (Lipinski definition) is 3. The second-order valence-corrected chi connectivity index (χ2v) is 4.74. The molecule has 2 rings (SSSR count). The number of pyridine rings is 1. The molecule has 6 heteroatoms. The third-order valence-electron chi connectivity index (χ3n) is 1.70. The molecule has 0 bridgehead atoms. The summed E-state index contributed by atoms with van der Waals surface area (Å²) in [7, 11) is -3.21. The van der Waals surface area contributed by atoms with Crippen molar-refractivity contribution in [2.45, 2.75) is 0 Å². The SMILES string of the molecule is CS(=O)(=O)Nc1ccn2nccc2c1. The molecule has 0 aliphatic rings. The monoisotopic (exact) mass is 211 g/mol. The van der Waals surface area contributed by atoms with Crippen molar-refractivity contribution in [3.05, 3.63) is 30.6 Å². The fourth-order valence-corrected chi connectivity index (χ4v) is 1.75. The van der Waals surface area contributed by atoms with Gasteiger partial charge in [0, 0.05) is 12.4 Å². The molecule has 0 aliphatic heterocycles. The van der Waals surface area contributed by atoms with Crippen LogP contribution in [0.5, 0.6) is 0 Å². The van der Waals surface area contributed by atoms with Crippen LogP contribution in [0.1, 0.15) is 0 Å². The van der Waals surface area contributed by atoms with E-state index in [0.29, 0.717) is 5.69 Å². The number of nitrogens with one attached hydrogen (secondary N) is 1. The van der Waals surface area contributed by atoms with E-state index in [0.717, 1.165) is 11.8 Å². The van der Waals surface area contributed by atoms with Gasteiger partial charge in [-0.25, -0.2) is 12.9 Å². The maximum atomic E-state index is 10.9.